The highest BCUT2D eigenvalue weighted by Gasteiger charge is 2.45. The van der Waals surface area contributed by atoms with Crippen LogP contribution in [-0.4, -0.2) is 47.3 Å². The Hall–Kier alpha value is -2.60. The van der Waals surface area contributed by atoms with E-state index in [0.717, 1.165) is 69.7 Å². The van der Waals surface area contributed by atoms with E-state index in [4.69, 9.17) is 4.42 Å². The summed E-state index contributed by atoms with van der Waals surface area (Å²) in [6, 6.07) is 12.5. The normalized spacial score (nSPS) is 26.3. The quantitative estimate of drug-likeness (QED) is 0.746. The van der Waals surface area contributed by atoms with Gasteiger partial charge in [-0.3, -0.25) is 14.5 Å². The SMILES string of the molecule is Cc1ccc(CN2CCCCCCNC(=O)C3CC(C(=O)N4CCc5ccccc5C4)CC32)o1. The minimum Gasteiger partial charge on any atom is -0.465 e. The fraction of sp³-hybridized carbons (Fsp3) is 0.571. The second-order valence-electron chi connectivity index (χ2n) is 10.3. The first-order valence-corrected chi connectivity index (χ1v) is 13.0. The van der Waals surface area contributed by atoms with E-state index < -0.39 is 0 Å². The summed E-state index contributed by atoms with van der Waals surface area (Å²) in [6.07, 6.45) is 6.73. The van der Waals surface area contributed by atoms with Crippen LogP contribution in [0.5, 0.6) is 0 Å². The topological polar surface area (TPSA) is 65.8 Å². The number of carbonyl (C=O) groups is 2. The molecule has 1 aromatic carbocycles. The van der Waals surface area contributed by atoms with Crippen LogP contribution in [0.3, 0.4) is 0 Å². The highest BCUT2D eigenvalue weighted by atomic mass is 16.3. The molecule has 1 saturated heterocycles. The zero-order valence-electron chi connectivity index (χ0n) is 20.3. The van der Waals surface area contributed by atoms with Crippen LogP contribution in [0.15, 0.2) is 40.8 Å². The Morgan fingerprint density at radius 2 is 1.85 bits per heavy atom. The maximum absolute atomic E-state index is 13.6. The van der Waals surface area contributed by atoms with Gasteiger partial charge in [-0.1, -0.05) is 37.1 Å². The highest BCUT2D eigenvalue weighted by molar-refractivity contribution is 5.84. The molecule has 182 valence electrons. The van der Waals surface area contributed by atoms with Gasteiger partial charge < -0.3 is 14.6 Å². The monoisotopic (exact) mass is 463 g/mol. The highest BCUT2D eigenvalue weighted by Crippen LogP contribution is 2.38. The number of benzene rings is 1. The Morgan fingerprint density at radius 1 is 1.03 bits per heavy atom. The standard InChI is InChI=1S/C28H37N3O3/c1-20-10-11-24(34-20)19-30-14-7-3-2-6-13-29-27(32)25-16-23(17-26(25)30)28(33)31-15-12-21-8-4-5-9-22(21)18-31/h4-5,8-11,23,25-26H,2-3,6-7,12-19H2,1H3,(H,29,32). The lowest BCUT2D eigenvalue weighted by atomic mass is 9.97. The zero-order chi connectivity index (χ0) is 23.5. The van der Waals surface area contributed by atoms with Crippen LogP contribution in [0.4, 0.5) is 0 Å². The average molecular weight is 464 g/mol. The van der Waals surface area contributed by atoms with Crippen LogP contribution in [0.1, 0.15) is 61.2 Å². The van der Waals surface area contributed by atoms with Crippen molar-refractivity contribution in [1.29, 1.82) is 0 Å². The van der Waals surface area contributed by atoms with E-state index in [2.05, 4.69) is 34.5 Å². The molecule has 6 nitrogen and oxygen atoms in total. The van der Waals surface area contributed by atoms with E-state index in [-0.39, 0.29) is 29.7 Å². The Morgan fingerprint density at radius 3 is 2.68 bits per heavy atom. The fourth-order valence-corrected chi connectivity index (χ4v) is 6.11. The zero-order valence-corrected chi connectivity index (χ0v) is 20.3. The van der Waals surface area contributed by atoms with Crippen molar-refractivity contribution >= 4 is 11.8 Å². The van der Waals surface area contributed by atoms with Crippen molar-refractivity contribution in [3.05, 3.63) is 59.0 Å². The van der Waals surface area contributed by atoms with E-state index >= 15 is 0 Å². The Kier molecular flexibility index (Phi) is 7.05. The van der Waals surface area contributed by atoms with Gasteiger partial charge in [0.2, 0.25) is 11.8 Å². The first-order chi connectivity index (χ1) is 16.6. The van der Waals surface area contributed by atoms with E-state index in [9.17, 15) is 9.59 Å². The summed E-state index contributed by atoms with van der Waals surface area (Å²) < 4.78 is 5.90. The van der Waals surface area contributed by atoms with E-state index in [1.165, 1.54) is 11.1 Å². The summed E-state index contributed by atoms with van der Waals surface area (Å²) in [6.45, 7) is 5.78. The second kappa shape index (κ2) is 10.3. The smallest absolute Gasteiger partial charge is 0.226 e. The lowest BCUT2D eigenvalue weighted by Gasteiger charge is -2.32. The molecule has 2 fully saturated rings. The molecule has 3 atom stereocenters. The predicted molar refractivity (Wildman–Crippen MR) is 131 cm³/mol. The number of hydrogen-bond acceptors (Lipinski definition) is 4. The third-order valence-corrected chi connectivity index (χ3v) is 7.95. The molecule has 2 amide bonds. The third kappa shape index (κ3) is 5.07. The number of nitrogens with one attached hydrogen (secondary N) is 1. The number of furan rings is 1. The predicted octanol–water partition coefficient (Wildman–Crippen LogP) is 4.06. The summed E-state index contributed by atoms with van der Waals surface area (Å²) in [4.78, 5) is 31.3. The van der Waals surface area contributed by atoms with Gasteiger partial charge in [-0.15, -0.1) is 0 Å². The molecule has 1 saturated carbocycles. The molecule has 5 rings (SSSR count). The second-order valence-corrected chi connectivity index (χ2v) is 10.3. The van der Waals surface area contributed by atoms with Crippen LogP contribution in [0.25, 0.3) is 0 Å². The summed E-state index contributed by atoms with van der Waals surface area (Å²) in [5.74, 6) is 1.93. The van der Waals surface area contributed by atoms with Crippen molar-refractivity contribution in [2.75, 3.05) is 19.6 Å². The fourth-order valence-electron chi connectivity index (χ4n) is 6.11. The van der Waals surface area contributed by atoms with Crippen LogP contribution >= 0.6 is 0 Å². The molecule has 0 spiro atoms. The average Bonchev–Trinajstić information content (AvgIpc) is 3.47. The molecular formula is C28H37N3O3. The van der Waals surface area contributed by atoms with Crippen molar-refractivity contribution in [3.8, 4) is 0 Å². The van der Waals surface area contributed by atoms with Gasteiger partial charge in [0.1, 0.15) is 11.5 Å². The van der Waals surface area contributed by atoms with Crippen molar-refractivity contribution in [3.63, 3.8) is 0 Å². The summed E-state index contributed by atoms with van der Waals surface area (Å²) >= 11 is 0. The van der Waals surface area contributed by atoms with Crippen molar-refractivity contribution < 1.29 is 14.0 Å². The Bertz CT molecular complexity index is 1020. The maximum Gasteiger partial charge on any atom is 0.226 e. The van der Waals surface area contributed by atoms with Crippen LogP contribution < -0.4 is 5.32 Å². The molecule has 0 radical (unpaired) electrons. The summed E-state index contributed by atoms with van der Waals surface area (Å²) in [5, 5.41) is 3.18. The van der Waals surface area contributed by atoms with Gasteiger partial charge in [0, 0.05) is 31.6 Å². The number of carbonyl (C=O) groups excluding carboxylic acids is 2. The van der Waals surface area contributed by atoms with Gasteiger partial charge in [0.15, 0.2) is 0 Å². The number of fused-ring (bicyclic) bond motifs is 2. The molecule has 3 heterocycles. The molecular weight excluding hydrogens is 426 g/mol. The van der Waals surface area contributed by atoms with Gasteiger partial charge in [0.25, 0.3) is 0 Å². The van der Waals surface area contributed by atoms with Crippen LogP contribution in [-0.2, 0) is 29.1 Å². The van der Waals surface area contributed by atoms with Gasteiger partial charge >= 0.3 is 0 Å². The molecule has 2 aliphatic heterocycles. The molecule has 0 bridgehead atoms. The lowest BCUT2D eigenvalue weighted by Crippen LogP contribution is -2.44. The lowest BCUT2D eigenvalue weighted by molar-refractivity contribution is -0.136. The van der Waals surface area contributed by atoms with Crippen LogP contribution in [0.2, 0.25) is 0 Å². The molecule has 3 unspecified atom stereocenters. The molecule has 2 aromatic rings. The van der Waals surface area contributed by atoms with E-state index in [1.807, 2.05) is 24.0 Å². The van der Waals surface area contributed by atoms with E-state index in [1.54, 1.807) is 0 Å². The van der Waals surface area contributed by atoms with Gasteiger partial charge in [-0.05, 0) is 68.8 Å². The molecule has 34 heavy (non-hydrogen) atoms. The Balaban J connectivity index is 1.35. The number of amides is 2. The first kappa shape index (κ1) is 23.2. The van der Waals surface area contributed by atoms with Crippen LogP contribution in [0, 0.1) is 18.8 Å². The van der Waals surface area contributed by atoms with Crippen molar-refractivity contribution in [2.45, 2.75) is 71.0 Å². The van der Waals surface area contributed by atoms with Crippen molar-refractivity contribution in [2.24, 2.45) is 11.8 Å². The molecule has 1 N–H and O–H groups in total. The first-order valence-electron chi connectivity index (χ1n) is 13.0. The van der Waals surface area contributed by atoms with Gasteiger partial charge in [-0.2, -0.15) is 0 Å². The summed E-state index contributed by atoms with van der Waals surface area (Å²) in [7, 11) is 0. The third-order valence-electron chi connectivity index (χ3n) is 7.95. The number of hydrogen-bond donors (Lipinski definition) is 1. The number of nitrogens with zero attached hydrogens (tertiary/aromatic N) is 2. The maximum atomic E-state index is 13.6. The minimum atomic E-state index is -0.153. The van der Waals surface area contributed by atoms with Gasteiger partial charge in [0.05, 0.1) is 12.5 Å². The summed E-state index contributed by atoms with van der Waals surface area (Å²) in [5.41, 5.74) is 2.60. The molecule has 1 aliphatic carbocycles. The molecule has 3 aliphatic rings. The number of aryl methyl sites for hydroxylation is 1. The Labute approximate surface area is 202 Å². The van der Waals surface area contributed by atoms with E-state index in [0.29, 0.717) is 19.5 Å². The van der Waals surface area contributed by atoms with Gasteiger partial charge in [-0.25, -0.2) is 0 Å². The molecule has 6 heteroatoms. The largest absolute Gasteiger partial charge is 0.465 e. The minimum absolute atomic E-state index is 0.0644. The number of rotatable bonds is 3. The van der Waals surface area contributed by atoms with Crippen molar-refractivity contribution in [1.82, 2.24) is 15.1 Å². The molecule has 1 aromatic heterocycles.